The normalized spacial score (nSPS) is 14.1. The Morgan fingerprint density at radius 2 is 1.83 bits per heavy atom. The summed E-state index contributed by atoms with van der Waals surface area (Å²) in [6, 6.07) is 15.0. The molecule has 0 atom stereocenters. The Labute approximate surface area is 195 Å². The van der Waals surface area contributed by atoms with E-state index in [0.29, 0.717) is 17.9 Å². The minimum absolute atomic E-state index is 0. The molecule has 3 N–H and O–H groups in total. The molecular formula is C22H30IN5O2. The zero-order valence-corrected chi connectivity index (χ0v) is 19.8. The van der Waals surface area contributed by atoms with Crippen LogP contribution in [0, 0.1) is 0 Å². The van der Waals surface area contributed by atoms with E-state index in [0.717, 1.165) is 49.9 Å². The first-order valence-corrected chi connectivity index (χ1v) is 9.99. The molecule has 0 aromatic heterocycles. The molecule has 8 heteroatoms. The Kier molecular flexibility index (Phi) is 9.22. The number of aromatic hydroxyl groups is 1. The fourth-order valence-corrected chi connectivity index (χ4v) is 3.44. The van der Waals surface area contributed by atoms with Gasteiger partial charge in [0, 0.05) is 45.3 Å². The standard InChI is InChI=1S/C22H29N5O2.HI/c1-3-24-22(25-16-17-7-6-8-18(15-17)21(29)23-2)27-13-11-26(12-14-27)19-9-4-5-10-20(19)28;/h4-10,15,28H,3,11-14,16H2,1-2H3,(H,23,29)(H,24,25);1H. The molecule has 3 rings (SSSR count). The predicted octanol–water partition coefficient (Wildman–Crippen LogP) is 2.66. The molecule has 1 heterocycles. The highest BCUT2D eigenvalue weighted by molar-refractivity contribution is 14.0. The fraction of sp³-hybridized carbons (Fsp3) is 0.364. The number of carbonyl (C=O) groups excluding carboxylic acids is 1. The van der Waals surface area contributed by atoms with Crippen LogP contribution >= 0.6 is 24.0 Å². The van der Waals surface area contributed by atoms with Crippen LogP contribution in [0.2, 0.25) is 0 Å². The molecule has 162 valence electrons. The summed E-state index contributed by atoms with van der Waals surface area (Å²) in [5.41, 5.74) is 2.51. The molecule has 0 bridgehead atoms. The molecule has 0 radical (unpaired) electrons. The van der Waals surface area contributed by atoms with E-state index in [2.05, 4.69) is 27.4 Å². The number of phenols is 1. The molecule has 2 aromatic rings. The molecule has 1 aliphatic rings. The summed E-state index contributed by atoms with van der Waals surface area (Å²) in [5.74, 6) is 1.09. The van der Waals surface area contributed by atoms with Crippen molar-refractivity contribution in [2.45, 2.75) is 13.5 Å². The average Bonchev–Trinajstić information content (AvgIpc) is 2.77. The number of benzene rings is 2. The molecule has 1 aliphatic heterocycles. The van der Waals surface area contributed by atoms with Crippen molar-refractivity contribution in [2.75, 3.05) is 44.7 Å². The van der Waals surface area contributed by atoms with Gasteiger partial charge in [-0.25, -0.2) is 4.99 Å². The van der Waals surface area contributed by atoms with Crippen LogP contribution < -0.4 is 15.5 Å². The lowest BCUT2D eigenvalue weighted by Gasteiger charge is -2.37. The number of nitrogens with one attached hydrogen (secondary N) is 2. The number of hydrogen-bond donors (Lipinski definition) is 3. The van der Waals surface area contributed by atoms with E-state index in [1.165, 1.54) is 0 Å². The first kappa shape index (κ1) is 23.8. The number of halogens is 1. The van der Waals surface area contributed by atoms with Crippen LogP contribution in [0.3, 0.4) is 0 Å². The van der Waals surface area contributed by atoms with E-state index in [-0.39, 0.29) is 29.9 Å². The third kappa shape index (κ3) is 6.01. The third-order valence-electron chi connectivity index (χ3n) is 4.96. The molecule has 0 unspecified atom stereocenters. The smallest absolute Gasteiger partial charge is 0.251 e. The van der Waals surface area contributed by atoms with E-state index in [9.17, 15) is 9.90 Å². The van der Waals surface area contributed by atoms with Crippen LogP contribution in [0.1, 0.15) is 22.8 Å². The Balaban J connectivity index is 0.00000320. The number of amides is 1. The topological polar surface area (TPSA) is 80.2 Å². The van der Waals surface area contributed by atoms with Crippen LogP contribution in [0.5, 0.6) is 5.75 Å². The van der Waals surface area contributed by atoms with Gasteiger partial charge in [0.15, 0.2) is 5.96 Å². The van der Waals surface area contributed by atoms with Gasteiger partial charge >= 0.3 is 0 Å². The van der Waals surface area contributed by atoms with E-state index in [1.54, 1.807) is 19.2 Å². The average molecular weight is 523 g/mol. The minimum atomic E-state index is -0.0944. The Morgan fingerprint density at radius 3 is 2.50 bits per heavy atom. The third-order valence-corrected chi connectivity index (χ3v) is 4.96. The SMILES string of the molecule is CCNC(=NCc1cccc(C(=O)NC)c1)N1CCN(c2ccccc2O)CC1.I. The summed E-state index contributed by atoms with van der Waals surface area (Å²) in [4.78, 5) is 21.1. The summed E-state index contributed by atoms with van der Waals surface area (Å²) in [6.07, 6.45) is 0. The number of carbonyl (C=O) groups is 1. The second kappa shape index (κ2) is 11.6. The van der Waals surface area contributed by atoms with E-state index in [4.69, 9.17) is 4.99 Å². The maximum Gasteiger partial charge on any atom is 0.251 e. The Morgan fingerprint density at radius 1 is 1.10 bits per heavy atom. The highest BCUT2D eigenvalue weighted by Gasteiger charge is 2.21. The quantitative estimate of drug-likeness (QED) is 0.319. The van der Waals surface area contributed by atoms with Gasteiger partial charge in [0.2, 0.25) is 0 Å². The summed E-state index contributed by atoms with van der Waals surface area (Å²) in [5, 5.41) is 16.1. The van der Waals surface area contributed by atoms with Crippen molar-refractivity contribution in [2.24, 2.45) is 4.99 Å². The highest BCUT2D eigenvalue weighted by atomic mass is 127. The Hall–Kier alpha value is -2.49. The fourth-order valence-electron chi connectivity index (χ4n) is 3.44. The van der Waals surface area contributed by atoms with Crippen molar-refractivity contribution in [3.8, 4) is 5.75 Å². The maximum atomic E-state index is 11.8. The van der Waals surface area contributed by atoms with Crippen molar-refractivity contribution >= 4 is 41.5 Å². The number of piperazine rings is 1. The van der Waals surface area contributed by atoms with Crippen LogP contribution in [0.4, 0.5) is 5.69 Å². The van der Waals surface area contributed by atoms with Crippen LogP contribution in [0.25, 0.3) is 0 Å². The zero-order chi connectivity index (χ0) is 20.6. The van der Waals surface area contributed by atoms with Gasteiger partial charge in [-0.05, 0) is 36.8 Å². The van der Waals surface area contributed by atoms with Gasteiger partial charge in [-0.3, -0.25) is 4.79 Å². The van der Waals surface area contributed by atoms with Crippen LogP contribution in [-0.4, -0.2) is 61.6 Å². The van der Waals surface area contributed by atoms with E-state index >= 15 is 0 Å². The number of anilines is 1. The lowest BCUT2D eigenvalue weighted by atomic mass is 10.1. The predicted molar refractivity (Wildman–Crippen MR) is 132 cm³/mol. The highest BCUT2D eigenvalue weighted by Crippen LogP contribution is 2.27. The maximum absolute atomic E-state index is 11.8. The van der Waals surface area contributed by atoms with Crippen LogP contribution in [-0.2, 0) is 6.54 Å². The number of para-hydroxylation sites is 2. The minimum Gasteiger partial charge on any atom is -0.506 e. The number of nitrogens with zero attached hydrogens (tertiary/aromatic N) is 3. The molecule has 1 amide bonds. The van der Waals surface area contributed by atoms with Gasteiger partial charge in [0.25, 0.3) is 5.91 Å². The summed E-state index contributed by atoms with van der Waals surface area (Å²) < 4.78 is 0. The first-order valence-electron chi connectivity index (χ1n) is 9.99. The second-order valence-corrected chi connectivity index (χ2v) is 6.91. The molecule has 1 saturated heterocycles. The van der Waals surface area contributed by atoms with Gasteiger partial charge in [-0.2, -0.15) is 0 Å². The number of guanidine groups is 1. The van der Waals surface area contributed by atoms with Gasteiger partial charge in [-0.1, -0.05) is 24.3 Å². The summed E-state index contributed by atoms with van der Waals surface area (Å²) >= 11 is 0. The first-order chi connectivity index (χ1) is 14.1. The van der Waals surface area contributed by atoms with E-state index < -0.39 is 0 Å². The number of hydrogen-bond acceptors (Lipinski definition) is 4. The Bertz CT molecular complexity index is 866. The monoisotopic (exact) mass is 523 g/mol. The summed E-state index contributed by atoms with van der Waals surface area (Å²) in [6.45, 7) is 6.61. The molecular weight excluding hydrogens is 493 g/mol. The number of phenolic OH excluding ortho intramolecular Hbond substituents is 1. The molecule has 2 aromatic carbocycles. The lowest BCUT2D eigenvalue weighted by molar-refractivity contribution is 0.0963. The number of aliphatic imine (C=N–C) groups is 1. The van der Waals surface area contributed by atoms with Crippen molar-refractivity contribution in [3.05, 3.63) is 59.7 Å². The number of rotatable bonds is 5. The molecule has 1 fully saturated rings. The van der Waals surface area contributed by atoms with Crippen LogP contribution in [0.15, 0.2) is 53.5 Å². The lowest BCUT2D eigenvalue weighted by Crippen LogP contribution is -2.52. The molecule has 7 nitrogen and oxygen atoms in total. The molecule has 0 aliphatic carbocycles. The van der Waals surface area contributed by atoms with E-state index in [1.807, 2.05) is 36.4 Å². The summed E-state index contributed by atoms with van der Waals surface area (Å²) in [7, 11) is 1.63. The molecule has 0 spiro atoms. The van der Waals surface area contributed by atoms with Crippen molar-refractivity contribution in [1.82, 2.24) is 15.5 Å². The van der Waals surface area contributed by atoms with Gasteiger partial charge < -0.3 is 25.5 Å². The van der Waals surface area contributed by atoms with Gasteiger partial charge in [0.1, 0.15) is 5.75 Å². The van der Waals surface area contributed by atoms with Crippen molar-refractivity contribution in [1.29, 1.82) is 0 Å². The van der Waals surface area contributed by atoms with Crippen molar-refractivity contribution < 1.29 is 9.90 Å². The van der Waals surface area contributed by atoms with Gasteiger partial charge in [-0.15, -0.1) is 24.0 Å². The second-order valence-electron chi connectivity index (χ2n) is 6.91. The van der Waals surface area contributed by atoms with Crippen molar-refractivity contribution in [3.63, 3.8) is 0 Å². The largest absolute Gasteiger partial charge is 0.506 e. The van der Waals surface area contributed by atoms with Gasteiger partial charge in [0.05, 0.1) is 12.2 Å². The molecule has 0 saturated carbocycles. The zero-order valence-electron chi connectivity index (χ0n) is 17.5. The molecule has 30 heavy (non-hydrogen) atoms.